The van der Waals surface area contributed by atoms with Crippen LogP contribution in [0.3, 0.4) is 0 Å². The molecule has 0 spiro atoms. The molecule has 2 saturated carbocycles. The van der Waals surface area contributed by atoms with Crippen molar-refractivity contribution in [3.63, 3.8) is 0 Å². The number of rotatable bonds is 9. The SMILES string of the molecule is CC(=O)NCc1ccc(-c2nnc(N3CCN(C(=O)C4CCC(F)(F)CC4)[C@@H](C)C3)c3cnccc23)cc1.C[C@H]1CN(c2nnc(-c3ccc(CN)cc3)c3ccncc23)CCN1C(=O)C1CCC(F)(F)CC1. The van der Waals surface area contributed by atoms with E-state index in [0.29, 0.717) is 52.4 Å². The standard InChI is InChI=1S/C28H32F2N6O2.C26H30F2N6O/c1-18-17-35(13-14-36(18)27(38)22-7-10-28(29,30)11-8-22)26-24-16-31-12-9-23(24)25(33-34-26)21-5-3-20(4-6-21)15-32-19(2)37;1-17-16-33(12-13-34(17)25(35)20-6-9-26(27,28)10-7-20)24-22-15-30-11-8-21(22)23(31-32-24)19-4-2-18(14-29)3-5-19/h3-6,9,12,16,18,22H,7-8,10-11,13-15,17H2,1-2H3,(H,32,37);2-5,8,11,15,17,20H,6-7,9-10,12-14,16,29H2,1H3/t18-;17-/m00/s1. The van der Waals surface area contributed by atoms with Crippen molar-refractivity contribution >= 4 is 50.9 Å². The Morgan fingerprint density at radius 2 is 1.00 bits per heavy atom. The number of fused-ring (bicyclic) bond motifs is 2. The van der Waals surface area contributed by atoms with Crippen molar-refractivity contribution in [1.29, 1.82) is 0 Å². The fourth-order valence-electron chi connectivity index (χ4n) is 10.7. The summed E-state index contributed by atoms with van der Waals surface area (Å²) in [6, 6.07) is 19.6. The molecule has 4 aromatic heterocycles. The number of amides is 3. The molecule has 0 bridgehead atoms. The molecule has 3 N–H and O–H groups in total. The molecule has 2 aromatic carbocycles. The molecule has 15 nitrogen and oxygen atoms in total. The summed E-state index contributed by atoms with van der Waals surface area (Å²) in [5.41, 5.74) is 11.2. The van der Waals surface area contributed by atoms with Gasteiger partial charge in [0, 0.05) is 166 Å². The van der Waals surface area contributed by atoms with Gasteiger partial charge in [0.15, 0.2) is 11.6 Å². The largest absolute Gasteiger partial charge is 0.352 e. The van der Waals surface area contributed by atoms with Crippen molar-refractivity contribution in [2.45, 2.75) is 109 Å². The highest BCUT2D eigenvalue weighted by Crippen LogP contribution is 2.40. The second-order valence-corrected chi connectivity index (χ2v) is 20.0. The summed E-state index contributed by atoms with van der Waals surface area (Å²) in [4.78, 5) is 54.0. The van der Waals surface area contributed by atoms with Gasteiger partial charge in [-0.25, -0.2) is 17.6 Å². The molecule has 73 heavy (non-hydrogen) atoms. The van der Waals surface area contributed by atoms with Gasteiger partial charge in [-0.15, -0.1) is 20.4 Å². The third-order valence-electron chi connectivity index (χ3n) is 14.9. The van der Waals surface area contributed by atoms with Crippen LogP contribution in [0.4, 0.5) is 29.2 Å². The van der Waals surface area contributed by atoms with E-state index in [0.717, 1.165) is 66.8 Å². The summed E-state index contributed by atoms with van der Waals surface area (Å²) in [7, 11) is 0. The molecule has 10 rings (SSSR count). The average Bonchev–Trinajstić information content (AvgIpc) is 3.39. The molecular formula is C54H62F4N12O3. The summed E-state index contributed by atoms with van der Waals surface area (Å²) in [5.74, 6) is -4.53. The minimum Gasteiger partial charge on any atom is -0.352 e. The number of hydrogen-bond acceptors (Lipinski definition) is 12. The lowest BCUT2D eigenvalue weighted by molar-refractivity contribution is -0.143. The Morgan fingerprint density at radius 3 is 1.38 bits per heavy atom. The molecule has 2 aliphatic carbocycles. The molecule has 3 amide bonds. The van der Waals surface area contributed by atoms with E-state index in [-0.39, 0.29) is 93.0 Å². The number of carbonyl (C=O) groups excluding carboxylic acids is 3. The maximum absolute atomic E-state index is 13.6. The lowest BCUT2D eigenvalue weighted by atomic mass is 9.85. The van der Waals surface area contributed by atoms with E-state index in [2.05, 4.69) is 45.5 Å². The number of pyridine rings is 2. The van der Waals surface area contributed by atoms with Gasteiger partial charge in [-0.2, -0.15) is 0 Å². The summed E-state index contributed by atoms with van der Waals surface area (Å²) < 4.78 is 54.2. The van der Waals surface area contributed by atoms with Crippen molar-refractivity contribution < 1.29 is 31.9 Å². The summed E-state index contributed by atoms with van der Waals surface area (Å²) in [6.07, 6.45) is 7.26. The number of carbonyl (C=O) groups is 3. The van der Waals surface area contributed by atoms with Crippen molar-refractivity contribution in [1.82, 2.24) is 45.5 Å². The Labute approximate surface area is 421 Å². The number of nitrogens with zero attached hydrogens (tertiary/aromatic N) is 10. The Bertz CT molecular complexity index is 2930. The van der Waals surface area contributed by atoms with Crippen molar-refractivity contribution in [2.75, 3.05) is 49.1 Å². The highest BCUT2D eigenvalue weighted by molar-refractivity contribution is 6.01. The minimum absolute atomic E-state index is 0.00142. The zero-order chi connectivity index (χ0) is 51.4. The van der Waals surface area contributed by atoms with E-state index in [1.165, 1.54) is 6.92 Å². The van der Waals surface area contributed by atoms with Crippen LogP contribution >= 0.6 is 0 Å². The van der Waals surface area contributed by atoms with Gasteiger partial charge in [0.05, 0.1) is 0 Å². The number of benzene rings is 2. The number of nitrogens with one attached hydrogen (secondary N) is 1. The zero-order valence-corrected chi connectivity index (χ0v) is 41.5. The Balaban J connectivity index is 0.000000180. The summed E-state index contributed by atoms with van der Waals surface area (Å²) >= 11 is 0. The minimum atomic E-state index is -2.64. The summed E-state index contributed by atoms with van der Waals surface area (Å²) in [5, 5.41) is 24.8. The van der Waals surface area contributed by atoms with Crippen LogP contribution in [0, 0.1) is 11.8 Å². The van der Waals surface area contributed by atoms with Gasteiger partial charge >= 0.3 is 0 Å². The van der Waals surface area contributed by atoms with Crippen LogP contribution in [0.15, 0.2) is 85.5 Å². The first-order valence-corrected chi connectivity index (χ1v) is 25.3. The monoisotopic (exact) mass is 1000 g/mol. The van der Waals surface area contributed by atoms with E-state index >= 15 is 0 Å². The maximum atomic E-state index is 13.6. The highest BCUT2D eigenvalue weighted by Gasteiger charge is 2.42. The van der Waals surface area contributed by atoms with Gasteiger partial charge < -0.3 is 30.7 Å². The number of halogens is 4. The number of nitrogens with two attached hydrogens (primary N) is 1. The lowest BCUT2D eigenvalue weighted by Crippen LogP contribution is -2.56. The van der Waals surface area contributed by atoms with Crippen molar-refractivity contribution in [3.05, 3.63) is 96.6 Å². The molecule has 2 saturated heterocycles. The van der Waals surface area contributed by atoms with Gasteiger partial charge in [-0.05, 0) is 62.8 Å². The first kappa shape index (κ1) is 51.0. The van der Waals surface area contributed by atoms with Crippen LogP contribution in [0.25, 0.3) is 44.1 Å². The molecule has 4 aliphatic rings. The van der Waals surface area contributed by atoms with Crippen LogP contribution in [0.5, 0.6) is 0 Å². The van der Waals surface area contributed by atoms with Gasteiger partial charge in [-0.1, -0.05) is 48.5 Å². The van der Waals surface area contributed by atoms with Crippen LogP contribution < -0.4 is 20.9 Å². The third kappa shape index (κ3) is 11.5. The highest BCUT2D eigenvalue weighted by atomic mass is 19.3. The van der Waals surface area contributed by atoms with Gasteiger partial charge in [0.25, 0.3) is 0 Å². The quantitative estimate of drug-likeness (QED) is 0.133. The van der Waals surface area contributed by atoms with E-state index in [1.54, 1.807) is 18.6 Å². The number of piperazine rings is 2. The van der Waals surface area contributed by atoms with E-state index in [1.807, 2.05) is 90.5 Å². The Morgan fingerprint density at radius 1 is 0.589 bits per heavy atom. The van der Waals surface area contributed by atoms with E-state index < -0.39 is 11.8 Å². The van der Waals surface area contributed by atoms with Gasteiger partial charge in [0.1, 0.15) is 11.4 Å². The van der Waals surface area contributed by atoms with Crippen LogP contribution in [0.2, 0.25) is 0 Å². The number of alkyl halides is 4. The molecule has 2 atom stereocenters. The van der Waals surface area contributed by atoms with Crippen LogP contribution in [-0.4, -0.2) is 121 Å². The predicted octanol–water partition coefficient (Wildman–Crippen LogP) is 8.20. The number of hydrogen-bond donors (Lipinski definition) is 2. The first-order chi connectivity index (χ1) is 35.1. The average molecular weight is 1000 g/mol. The fourth-order valence-corrected chi connectivity index (χ4v) is 10.7. The molecule has 0 radical (unpaired) electrons. The second-order valence-electron chi connectivity index (χ2n) is 20.0. The maximum Gasteiger partial charge on any atom is 0.248 e. The summed E-state index contributed by atoms with van der Waals surface area (Å²) in [6.45, 7) is 9.81. The Kier molecular flexibility index (Phi) is 15.2. The Hall–Kier alpha value is -6.89. The number of aromatic nitrogens is 6. The topological polar surface area (TPSA) is 180 Å². The first-order valence-electron chi connectivity index (χ1n) is 25.3. The molecule has 384 valence electrons. The fraction of sp³-hybridized carbons (Fsp3) is 0.463. The lowest BCUT2D eigenvalue weighted by Gasteiger charge is -2.42. The molecule has 2 aliphatic heterocycles. The van der Waals surface area contributed by atoms with E-state index in [9.17, 15) is 31.9 Å². The number of anilines is 2. The smallest absolute Gasteiger partial charge is 0.248 e. The third-order valence-corrected chi connectivity index (χ3v) is 14.9. The van der Waals surface area contributed by atoms with Crippen LogP contribution in [0.1, 0.15) is 83.3 Å². The second kappa shape index (κ2) is 21.7. The molecule has 6 heterocycles. The zero-order valence-electron chi connectivity index (χ0n) is 41.5. The van der Waals surface area contributed by atoms with Crippen molar-refractivity contribution in [2.24, 2.45) is 17.6 Å². The van der Waals surface area contributed by atoms with Gasteiger partial charge in [-0.3, -0.25) is 24.4 Å². The normalized spacial score (nSPS) is 20.4. The van der Waals surface area contributed by atoms with Crippen LogP contribution in [-0.2, 0) is 27.5 Å². The van der Waals surface area contributed by atoms with E-state index in [4.69, 9.17) is 5.73 Å². The van der Waals surface area contributed by atoms with Crippen molar-refractivity contribution in [3.8, 4) is 22.5 Å². The molecule has 6 aromatic rings. The molecule has 4 fully saturated rings. The van der Waals surface area contributed by atoms with Gasteiger partial charge in [0.2, 0.25) is 29.6 Å². The molecule has 0 unspecified atom stereocenters. The predicted molar refractivity (Wildman–Crippen MR) is 272 cm³/mol. The molecular weight excluding hydrogens is 941 g/mol. The molecule has 19 heteroatoms.